The highest BCUT2D eigenvalue weighted by Crippen LogP contribution is 2.22. The fourth-order valence-corrected chi connectivity index (χ4v) is 2.32. The second kappa shape index (κ2) is 9.30. The van der Waals surface area contributed by atoms with Gasteiger partial charge in [-0.1, -0.05) is 6.92 Å². The van der Waals surface area contributed by atoms with E-state index in [-0.39, 0.29) is 12.5 Å². The van der Waals surface area contributed by atoms with Gasteiger partial charge in [0.2, 0.25) is 5.91 Å². The average Bonchev–Trinajstić information content (AvgIpc) is 2.39. The molecule has 3 N–H and O–H groups in total. The molecule has 18 heavy (non-hydrogen) atoms. The van der Waals surface area contributed by atoms with Gasteiger partial charge in [0.15, 0.2) is 0 Å². The van der Waals surface area contributed by atoms with Crippen LogP contribution in [0, 0.1) is 11.8 Å². The number of aliphatic hydroxyl groups excluding tert-OH is 1. The summed E-state index contributed by atoms with van der Waals surface area (Å²) in [6, 6.07) is 0. The van der Waals surface area contributed by atoms with Crippen LogP contribution in [0.15, 0.2) is 0 Å². The van der Waals surface area contributed by atoms with Crippen LogP contribution in [0.1, 0.15) is 26.2 Å². The van der Waals surface area contributed by atoms with Gasteiger partial charge in [-0.25, -0.2) is 0 Å². The summed E-state index contributed by atoms with van der Waals surface area (Å²) in [5, 5.41) is 14.7. The van der Waals surface area contributed by atoms with Crippen molar-refractivity contribution in [2.24, 2.45) is 11.8 Å². The topological polar surface area (TPSA) is 70.6 Å². The van der Waals surface area contributed by atoms with Crippen LogP contribution in [-0.2, 0) is 9.53 Å². The first-order valence-electron chi connectivity index (χ1n) is 6.90. The molecule has 1 saturated heterocycles. The Kier molecular flexibility index (Phi) is 7.96. The van der Waals surface area contributed by atoms with Gasteiger partial charge >= 0.3 is 0 Å². The minimum Gasteiger partial charge on any atom is -0.394 e. The maximum absolute atomic E-state index is 11.7. The van der Waals surface area contributed by atoms with E-state index in [0.29, 0.717) is 38.0 Å². The predicted octanol–water partition coefficient (Wildman–Crippen LogP) is 0.137. The van der Waals surface area contributed by atoms with E-state index in [1.165, 1.54) is 12.8 Å². The Morgan fingerprint density at radius 1 is 1.56 bits per heavy atom. The van der Waals surface area contributed by atoms with Crippen LogP contribution in [0.25, 0.3) is 0 Å². The minimum atomic E-state index is 0.0274. The molecule has 0 saturated carbocycles. The molecule has 0 aliphatic carbocycles. The number of rotatable bonds is 8. The largest absolute Gasteiger partial charge is 0.394 e. The molecule has 106 valence electrons. The molecular formula is C13H26N2O3. The van der Waals surface area contributed by atoms with Gasteiger partial charge in [0, 0.05) is 13.0 Å². The number of hydrogen-bond acceptors (Lipinski definition) is 4. The zero-order valence-electron chi connectivity index (χ0n) is 11.3. The van der Waals surface area contributed by atoms with Crippen LogP contribution < -0.4 is 10.6 Å². The number of amides is 1. The van der Waals surface area contributed by atoms with Crippen molar-refractivity contribution in [3.8, 4) is 0 Å². The van der Waals surface area contributed by atoms with Crippen molar-refractivity contribution in [3.05, 3.63) is 0 Å². The summed E-state index contributed by atoms with van der Waals surface area (Å²) in [6.07, 6.45) is 3.03. The molecule has 0 aromatic heterocycles. The summed E-state index contributed by atoms with van der Waals surface area (Å²) in [5.74, 6) is 1.15. The molecule has 5 heteroatoms. The number of ether oxygens (including phenoxy) is 1. The molecule has 0 aromatic rings. The number of piperidine rings is 1. The maximum atomic E-state index is 11.7. The zero-order valence-corrected chi connectivity index (χ0v) is 11.3. The SMILES string of the molecule is CC(CC(=O)NCCOCCO)C1CCCNC1. The Balaban J connectivity index is 2.07. The number of hydrogen-bond donors (Lipinski definition) is 3. The summed E-state index contributed by atoms with van der Waals surface area (Å²) in [5.41, 5.74) is 0. The van der Waals surface area contributed by atoms with Crippen LogP contribution >= 0.6 is 0 Å². The third-order valence-electron chi connectivity index (χ3n) is 3.45. The highest BCUT2D eigenvalue weighted by molar-refractivity contribution is 5.76. The van der Waals surface area contributed by atoms with Gasteiger partial charge in [-0.3, -0.25) is 4.79 Å². The molecule has 0 spiro atoms. The van der Waals surface area contributed by atoms with Crippen LogP contribution in [0.5, 0.6) is 0 Å². The average molecular weight is 258 g/mol. The number of aliphatic hydroxyl groups is 1. The molecule has 0 aromatic carbocycles. The lowest BCUT2D eigenvalue weighted by atomic mass is 9.85. The van der Waals surface area contributed by atoms with Crippen molar-refractivity contribution in [3.63, 3.8) is 0 Å². The van der Waals surface area contributed by atoms with E-state index in [1.54, 1.807) is 0 Å². The Labute approximate surface area is 109 Å². The van der Waals surface area contributed by atoms with Crippen LogP contribution in [0.3, 0.4) is 0 Å². The number of carbonyl (C=O) groups is 1. The second-order valence-corrected chi connectivity index (χ2v) is 4.97. The van der Waals surface area contributed by atoms with Gasteiger partial charge in [0.05, 0.1) is 19.8 Å². The molecule has 1 rings (SSSR count). The summed E-state index contributed by atoms with van der Waals surface area (Å²) in [4.78, 5) is 11.7. The first-order chi connectivity index (χ1) is 8.74. The third-order valence-corrected chi connectivity index (χ3v) is 3.45. The van der Waals surface area contributed by atoms with E-state index in [0.717, 1.165) is 13.1 Å². The number of nitrogens with one attached hydrogen (secondary N) is 2. The standard InChI is InChI=1S/C13H26N2O3/c1-11(12-3-2-4-14-10-12)9-13(17)15-5-7-18-8-6-16/h11-12,14,16H,2-10H2,1H3,(H,15,17). The van der Waals surface area contributed by atoms with E-state index in [2.05, 4.69) is 17.6 Å². The Morgan fingerprint density at radius 2 is 2.39 bits per heavy atom. The monoisotopic (exact) mass is 258 g/mol. The fourth-order valence-electron chi connectivity index (χ4n) is 2.32. The normalized spacial score (nSPS) is 21.6. The lowest BCUT2D eigenvalue weighted by Crippen LogP contribution is -2.36. The van der Waals surface area contributed by atoms with Gasteiger partial charge in [-0.2, -0.15) is 0 Å². The van der Waals surface area contributed by atoms with Gasteiger partial charge in [0.1, 0.15) is 0 Å². The van der Waals surface area contributed by atoms with E-state index >= 15 is 0 Å². The lowest BCUT2D eigenvalue weighted by molar-refractivity contribution is -0.122. The van der Waals surface area contributed by atoms with Crippen molar-refractivity contribution in [2.45, 2.75) is 26.2 Å². The molecule has 2 unspecified atom stereocenters. The van der Waals surface area contributed by atoms with E-state index < -0.39 is 0 Å². The van der Waals surface area contributed by atoms with Gasteiger partial charge < -0.3 is 20.5 Å². The lowest BCUT2D eigenvalue weighted by Gasteiger charge is -2.28. The highest BCUT2D eigenvalue weighted by atomic mass is 16.5. The molecule has 1 amide bonds. The highest BCUT2D eigenvalue weighted by Gasteiger charge is 2.21. The molecule has 5 nitrogen and oxygen atoms in total. The molecule has 0 radical (unpaired) electrons. The molecule has 1 aliphatic heterocycles. The molecular weight excluding hydrogens is 232 g/mol. The second-order valence-electron chi connectivity index (χ2n) is 4.97. The van der Waals surface area contributed by atoms with Crippen LogP contribution in [-0.4, -0.2) is 50.5 Å². The predicted molar refractivity (Wildman–Crippen MR) is 70.3 cm³/mol. The van der Waals surface area contributed by atoms with Crippen molar-refractivity contribution in [1.29, 1.82) is 0 Å². The third kappa shape index (κ3) is 6.33. The molecule has 0 bridgehead atoms. The Morgan fingerprint density at radius 3 is 3.06 bits per heavy atom. The van der Waals surface area contributed by atoms with E-state index in [9.17, 15) is 4.79 Å². The molecule has 1 fully saturated rings. The number of carbonyl (C=O) groups excluding carboxylic acids is 1. The van der Waals surface area contributed by atoms with E-state index in [4.69, 9.17) is 9.84 Å². The Hall–Kier alpha value is -0.650. The van der Waals surface area contributed by atoms with E-state index in [1.807, 2.05) is 0 Å². The van der Waals surface area contributed by atoms with Gasteiger partial charge in [-0.05, 0) is 37.8 Å². The Bertz CT molecular complexity index is 230. The quantitative estimate of drug-likeness (QED) is 0.542. The van der Waals surface area contributed by atoms with Crippen molar-refractivity contribution in [2.75, 3.05) is 39.5 Å². The van der Waals surface area contributed by atoms with Crippen molar-refractivity contribution >= 4 is 5.91 Å². The molecule has 1 aliphatic rings. The zero-order chi connectivity index (χ0) is 13.2. The first kappa shape index (κ1) is 15.4. The van der Waals surface area contributed by atoms with Crippen molar-refractivity contribution < 1.29 is 14.6 Å². The van der Waals surface area contributed by atoms with Crippen LogP contribution in [0.2, 0.25) is 0 Å². The van der Waals surface area contributed by atoms with Crippen molar-refractivity contribution in [1.82, 2.24) is 10.6 Å². The summed E-state index contributed by atoms with van der Waals surface area (Å²) >= 11 is 0. The molecule has 1 heterocycles. The van der Waals surface area contributed by atoms with Gasteiger partial charge in [-0.15, -0.1) is 0 Å². The van der Waals surface area contributed by atoms with Crippen LogP contribution in [0.4, 0.5) is 0 Å². The summed E-state index contributed by atoms with van der Waals surface area (Å²) < 4.78 is 5.08. The minimum absolute atomic E-state index is 0.0274. The first-order valence-corrected chi connectivity index (χ1v) is 6.90. The van der Waals surface area contributed by atoms with Gasteiger partial charge in [0.25, 0.3) is 0 Å². The fraction of sp³-hybridized carbons (Fsp3) is 0.923. The summed E-state index contributed by atoms with van der Waals surface area (Å²) in [6.45, 7) is 5.64. The maximum Gasteiger partial charge on any atom is 0.220 e. The molecule has 2 atom stereocenters. The summed E-state index contributed by atoms with van der Waals surface area (Å²) in [7, 11) is 0. The smallest absolute Gasteiger partial charge is 0.220 e.